The van der Waals surface area contributed by atoms with E-state index in [1.54, 1.807) is 0 Å². The fraction of sp³-hybridized carbons (Fsp3) is 1.00. The fourth-order valence-electron chi connectivity index (χ4n) is 2.92. The molecule has 0 N–H and O–H groups in total. The lowest BCUT2D eigenvalue weighted by atomic mass is 9.81. The van der Waals surface area contributed by atoms with Gasteiger partial charge in [0.25, 0.3) is 0 Å². The fourth-order valence-corrected chi connectivity index (χ4v) is 2.92. The van der Waals surface area contributed by atoms with Gasteiger partial charge in [0.05, 0.1) is 0 Å². The highest BCUT2D eigenvalue weighted by molar-refractivity contribution is 4.99. The van der Waals surface area contributed by atoms with Crippen LogP contribution < -0.4 is 0 Å². The van der Waals surface area contributed by atoms with Crippen molar-refractivity contribution in [1.82, 2.24) is 0 Å². The van der Waals surface area contributed by atoms with E-state index in [1.807, 2.05) is 0 Å². The van der Waals surface area contributed by atoms with Gasteiger partial charge in [-0.3, -0.25) is 0 Å². The predicted octanol–water partition coefficient (Wildman–Crippen LogP) is 3.47. The third kappa shape index (κ3) is 1.11. The minimum Gasteiger partial charge on any atom is -0.0622 e. The Labute approximate surface area is 70.4 Å². The molecule has 0 radical (unpaired) electrons. The van der Waals surface area contributed by atoms with Crippen LogP contribution in [0, 0.1) is 23.2 Å². The minimum absolute atomic E-state index is 0.782. The predicted molar refractivity (Wildman–Crippen MR) is 48.4 cm³/mol. The van der Waals surface area contributed by atoms with Crippen LogP contribution in [-0.2, 0) is 0 Å². The summed E-state index contributed by atoms with van der Waals surface area (Å²) >= 11 is 0. The van der Waals surface area contributed by atoms with Crippen LogP contribution >= 0.6 is 0 Å². The maximum absolute atomic E-state index is 2.49. The maximum Gasteiger partial charge on any atom is -0.0294 e. The molecule has 2 aliphatic rings. The average molecular weight is 152 g/mol. The summed E-state index contributed by atoms with van der Waals surface area (Å²) < 4.78 is 0. The highest BCUT2D eigenvalue weighted by atomic mass is 14.5. The molecule has 0 bridgehead atoms. The molecule has 0 aromatic carbocycles. The first-order valence-electron chi connectivity index (χ1n) is 5.13. The van der Waals surface area contributed by atoms with Gasteiger partial charge in [-0.2, -0.15) is 0 Å². The van der Waals surface area contributed by atoms with Gasteiger partial charge in [-0.25, -0.2) is 0 Å². The highest BCUT2D eigenvalue weighted by Gasteiger charge is 2.49. The molecule has 11 heavy (non-hydrogen) atoms. The standard InChI is InChI=1S/C11H20/c1-8-4-5-10(9(8)2)11(3)6-7-11/h8-10H,4-7H2,1-3H3. The summed E-state index contributed by atoms with van der Waals surface area (Å²) in [5.74, 6) is 3.07. The molecule has 3 atom stereocenters. The Morgan fingerprint density at radius 1 is 1.09 bits per heavy atom. The van der Waals surface area contributed by atoms with Crippen molar-refractivity contribution in [3.63, 3.8) is 0 Å². The lowest BCUT2D eigenvalue weighted by Crippen LogP contribution is -2.17. The normalized spacial score (nSPS) is 47.7. The molecule has 0 heteroatoms. The third-order valence-corrected chi connectivity index (χ3v) is 4.40. The molecule has 2 aliphatic carbocycles. The number of hydrogen-bond donors (Lipinski definition) is 0. The van der Waals surface area contributed by atoms with E-state index in [9.17, 15) is 0 Å². The van der Waals surface area contributed by atoms with Crippen molar-refractivity contribution in [3.8, 4) is 0 Å². The van der Waals surface area contributed by atoms with Gasteiger partial charge in [0.2, 0.25) is 0 Å². The molecular weight excluding hydrogens is 132 g/mol. The second-order valence-corrected chi connectivity index (χ2v) is 5.17. The molecule has 0 nitrogen and oxygen atoms in total. The van der Waals surface area contributed by atoms with E-state index in [1.165, 1.54) is 25.7 Å². The summed E-state index contributed by atoms with van der Waals surface area (Å²) in [7, 11) is 0. The molecule has 0 saturated heterocycles. The average Bonchev–Trinajstić information content (AvgIpc) is 2.60. The van der Waals surface area contributed by atoms with Gasteiger partial charge in [-0.05, 0) is 42.4 Å². The first-order valence-corrected chi connectivity index (χ1v) is 5.13. The Balaban J connectivity index is 2.05. The van der Waals surface area contributed by atoms with Crippen LogP contribution in [0.5, 0.6) is 0 Å². The van der Waals surface area contributed by atoms with Crippen LogP contribution in [0.2, 0.25) is 0 Å². The Hall–Kier alpha value is 0. The van der Waals surface area contributed by atoms with Gasteiger partial charge < -0.3 is 0 Å². The Bertz CT molecular complexity index is 155. The maximum atomic E-state index is 2.49. The minimum atomic E-state index is 0.782. The molecule has 2 saturated carbocycles. The molecule has 64 valence electrons. The largest absolute Gasteiger partial charge is 0.0622 e. The van der Waals surface area contributed by atoms with Crippen LogP contribution in [-0.4, -0.2) is 0 Å². The van der Waals surface area contributed by atoms with Crippen molar-refractivity contribution in [1.29, 1.82) is 0 Å². The molecule has 0 aromatic rings. The van der Waals surface area contributed by atoms with Crippen molar-refractivity contribution in [2.24, 2.45) is 23.2 Å². The van der Waals surface area contributed by atoms with E-state index in [2.05, 4.69) is 20.8 Å². The highest BCUT2D eigenvalue weighted by Crippen LogP contribution is 2.59. The van der Waals surface area contributed by atoms with Crippen LogP contribution in [0.25, 0.3) is 0 Å². The van der Waals surface area contributed by atoms with E-state index in [-0.39, 0.29) is 0 Å². The van der Waals surface area contributed by atoms with Gasteiger partial charge in [0, 0.05) is 0 Å². The summed E-state index contributed by atoms with van der Waals surface area (Å²) in [6, 6.07) is 0. The summed E-state index contributed by atoms with van der Waals surface area (Å²) in [5.41, 5.74) is 0.782. The SMILES string of the molecule is CC1CCC(C2(C)CC2)C1C. The first-order chi connectivity index (χ1) is 5.13. The topological polar surface area (TPSA) is 0 Å². The van der Waals surface area contributed by atoms with E-state index in [0.717, 1.165) is 23.2 Å². The van der Waals surface area contributed by atoms with Crippen LogP contribution in [0.4, 0.5) is 0 Å². The zero-order chi connectivity index (χ0) is 8.06. The molecule has 0 spiro atoms. The first kappa shape index (κ1) is 7.64. The Morgan fingerprint density at radius 2 is 1.73 bits per heavy atom. The second kappa shape index (κ2) is 2.24. The summed E-state index contributed by atoms with van der Waals surface area (Å²) in [6.45, 7) is 7.38. The van der Waals surface area contributed by atoms with Gasteiger partial charge in [-0.15, -0.1) is 0 Å². The zero-order valence-corrected chi connectivity index (χ0v) is 8.06. The van der Waals surface area contributed by atoms with Gasteiger partial charge >= 0.3 is 0 Å². The summed E-state index contributed by atoms with van der Waals surface area (Å²) in [5, 5.41) is 0. The van der Waals surface area contributed by atoms with Crippen LogP contribution in [0.3, 0.4) is 0 Å². The van der Waals surface area contributed by atoms with Gasteiger partial charge in [0.1, 0.15) is 0 Å². The molecule has 0 aromatic heterocycles. The van der Waals surface area contributed by atoms with Crippen molar-refractivity contribution in [2.75, 3.05) is 0 Å². The summed E-state index contributed by atoms with van der Waals surface area (Å²) in [6.07, 6.45) is 6.02. The van der Waals surface area contributed by atoms with Gasteiger partial charge in [-0.1, -0.05) is 27.2 Å². The second-order valence-electron chi connectivity index (χ2n) is 5.17. The number of hydrogen-bond acceptors (Lipinski definition) is 0. The Morgan fingerprint density at radius 3 is 2.09 bits per heavy atom. The zero-order valence-electron chi connectivity index (χ0n) is 8.06. The van der Waals surface area contributed by atoms with E-state index >= 15 is 0 Å². The third-order valence-electron chi connectivity index (χ3n) is 4.40. The molecule has 2 rings (SSSR count). The molecule has 0 heterocycles. The molecule has 0 aliphatic heterocycles. The summed E-state index contributed by atoms with van der Waals surface area (Å²) in [4.78, 5) is 0. The van der Waals surface area contributed by atoms with Crippen molar-refractivity contribution >= 4 is 0 Å². The van der Waals surface area contributed by atoms with Crippen molar-refractivity contribution in [3.05, 3.63) is 0 Å². The van der Waals surface area contributed by atoms with Crippen molar-refractivity contribution in [2.45, 2.75) is 46.5 Å². The van der Waals surface area contributed by atoms with Crippen LogP contribution in [0.1, 0.15) is 46.5 Å². The monoisotopic (exact) mass is 152 g/mol. The van der Waals surface area contributed by atoms with Crippen LogP contribution in [0.15, 0.2) is 0 Å². The smallest absolute Gasteiger partial charge is 0.0294 e. The lowest BCUT2D eigenvalue weighted by molar-refractivity contribution is 0.248. The number of rotatable bonds is 1. The van der Waals surface area contributed by atoms with Gasteiger partial charge in [0.15, 0.2) is 0 Å². The Kier molecular flexibility index (Phi) is 1.56. The van der Waals surface area contributed by atoms with E-state index in [4.69, 9.17) is 0 Å². The van der Waals surface area contributed by atoms with Crippen molar-refractivity contribution < 1.29 is 0 Å². The molecule has 2 fully saturated rings. The molecular formula is C11H20. The lowest BCUT2D eigenvalue weighted by Gasteiger charge is -2.24. The quantitative estimate of drug-likeness (QED) is 0.539. The molecule has 0 amide bonds. The van der Waals surface area contributed by atoms with E-state index in [0.29, 0.717) is 0 Å². The molecule has 3 unspecified atom stereocenters. The van der Waals surface area contributed by atoms with E-state index < -0.39 is 0 Å².